The van der Waals surface area contributed by atoms with E-state index in [1.54, 1.807) is 7.11 Å². The minimum absolute atomic E-state index is 0.437. The van der Waals surface area contributed by atoms with Crippen molar-refractivity contribution in [3.05, 3.63) is 21.1 Å². The molecular formula is C17H25Br2NO. The number of hydrogen-bond donors (Lipinski definition) is 1. The number of nitrogens with one attached hydrogen (secondary N) is 1. The van der Waals surface area contributed by atoms with Crippen LogP contribution in [-0.4, -0.2) is 13.2 Å². The predicted octanol–water partition coefficient (Wildman–Crippen LogP) is 6.24. The highest BCUT2D eigenvalue weighted by atomic mass is 79.9. The molecule has 0 heterocycles. The van der Waals surface area contributed by atoms with Crippen molar-refractivity contribution in [1.29, 1.82) is 0 Å². The predicted molar refractivity (Wildman–Crippen MR) is 97.2 cm³/mol. The van der Waals surface area contributed by atoms with Gasteiger partial charge in [0, 0.05) is 16.6 Å². The summed E-state index contributed by atoms with van der Waals surface area (Å²) in [6.07, 6.45) is 5.11. The van der Waals surface area contributed by atoms with E-state index in [9.17, 15) is 0 Å². The zero-order valence-electron chi connectivity index (χ0n) is 13.3. The van der Waals surface area contributed by atoms with Gasteiger partial charge >= 0.3 is 0 Å². The van der Waals surface area contributed by atoms with Gasteiger partial charge in [0.1, 0.15) is 5.75 Å². The first-order valence-electron chi connectivity index (χ1n) is 7.61. The fourth-order valence-corrected chi connectivity index (χ4v) is 4.39. The molecule has 2 rings (SSSR count). The third kappa shape index (κ3) is 4.38. The number of hydrogen-bond acceptors (Lipinski definition) is 2. The second-order valence-electron chi connectivity index (χ2n) is 7.03. The lowest BCUT2D eigenvalue weighted by Gasteiger charge is -2.37. The van der Waals surface area contributed by atoms with Crippen molar-refractivity contribution in [2.45, 2.75) is 52.5 Å². The Labute approximate surface area is 145 Å². The Kier molecular flexibility index (Phi) is 5.64. The van der Waals surface area contributed by atoms with Crippen LogP contribution < -0.4 is 10.1 Å². The van der Waals surface area contributed by atoms with Crippen LogP contribution in [0.25, 0.3) is 0 Å². The third-order valence-electron chi connectivity index (χ3n) is 4.55. The van der Waals surface area contributed by atoms with Crippen molar-refractivity contribution in [2.24, 2.45) is 11.3 Å². The average Bonchev–Trinajstić information content (AvgIpc) is 2.41. The van der Waals surface area contributed by atoms with Crippen molar-refractivity contribution in [3.63, 3.8) is 0 Å². The SMILES string of the molecule is COc1cc(NC2CCC(C(C)(C)C)CC2)c(Br)cc1Br. The molecule has 1 aromatic carbocycles. The molecule has 0 aromatic heterocycles. The Morgan fingerprint density at radius 1 is 1.05 bits per heavy atom. The molecule has 0 aliphatic heterocycles. The first-order chi connectivity index (χ1) is 9.81. The molecule has 0 amide bonds. The Hall–Kier alpha value is -0.220. The molecule has 0 bridgehead atoms. The molecule has 1 aliphatic carbocycles. The first kappa shape index (κ1) is 17.1. The molecule has 118 valence electrons. The largest absolute Gasteiger partial charge is 0.495 e. The van der Waals surface area contributed by atoms with Crippen LogP contribution in [-0.2, 0) is 0 Å². The van der Waals surface area contributed by atoms with Crippen LogP contribution in [0.3, 0.4) is 0 Å². The van der Waals surface area contributed by atoms with Crippen LogP contribution in [0.1, 0.15) is 46.5 Å². The van der Waals surface area contributed by atoms with E-state index in [1.165, 1.54) is 25.7 Å². The van der Waals surface area contributed by atoms with E-state index >= 15 is 0 Å². The monoisotopic (exact) mass is 417 g/mol. The molecule has 21 heavy (non-hydrogen) atoms. The number of anilines is 1. The maximum Gasteiger partial charge on any atom is 0.135 e. The molecule has 1 saturated carbocycles. The van der Waals surface area contributed by atoms with E-state index in [1.807, 2.05) is 6.07 Å². The minimum Gasteiger partial charge on any atom is -0.495 e. The van der Waals surface area contributed by atoms with E-state index in [0.29, 0.717) is 11.5 Å². The van der Waals surface area contributed by atoms with Gasteiger partial charge in [-0.3, -0.25) is 0 Å². The second-order valence-corrected chi connectivity index (χ2v) is 8.73. The lowest BCUT2D eigenvalue weighted by Crippen LogP contribution is -2.31. The summed E-state index contributed by atoms with van der Waals surface area (Å²) in [6, 6.07) is 4.66. The average molecular weight is 419 g/mol. The topological polar surface area (TPSA) is 21.3 Å². The molecule has 0 atom stereocenters. The van der Waals surface area contributed by atoms with Gasteiger partial charge in [0.15, 0.2) is 0 Å². The lowest BCUT2D eigenvalue weighted by molar-refractivity contribution is 0.173. The first-order valence-corrected chi connectivity index (χ1v) is 9.19. The van der Waals surface area contributed by atoms with Crippen LogP contribution in [0.2, 0.25) is 0 Å². The summed E-state index contributed by atoms with van der Waals surface area (Å²) < 4.78 is 7.43. The highest BCUT2D eigenvalue weighted by Crippen LogP contribution is 2.40. The highest BCUT2D eigenvalue weighted by Gasteiger charge is 2.29. The van der Waals surface area contributed by atoms with Crippen LogP contribution in [0.4, 0.5) is 5.69 Å². The van der Waals surface area contributed by atoms with Gasteiger partial charge in [0.25, 0.3) is 0 Å². The molecule has 2 nitrogen and oxygen atoms in total. The molecule has 1 aliphatic rings. The molecule has 4 heteroatoms. The number of rotatable bonds is 3. The summed E-state index contributed by atoms with van der Waals surface area (Å²) in [7, 11) is 1.70. The van der Waals surface area contributed by atoms with Crippen molar-refractivity contribution < 1.29 is 4.74 Å². The molecule has 0 spiro atoms. The van der Waals surface area contributed by atoms with E-state index in [4.69, 9.17) is 4.74 Å². The molecule has 1 aromatic rings. The number of benzene rings is 1. The standard InChI is InChI=1S/C17H25Br2NO/c1-17(2,3)11-5-7-12(8-6-11)20-15-10-16(21-4)14(19)9-13(15)18/h9-12,20H,5-8H2,1-4H3. The number of halogens is 2. The van der Waals surface area contributed by atoms with Crippen molar-refractivity contribution in [1.82, 2.24) is 0 Å². The zero-order chi connectivity index (χ0) is 15.6. The maximum atomic E-state index is 5.38. The summed E-state index contributed by atoms with van der Waals surface area (Å²) in [5.41, 5.74) is 1.56. The fourth-order valence-electron chi connectivity index (χ4n) is 3.12. The number of methoxy groups -OCH3 is 1. The van der Waals surface area contributed by atoms with Gasteiger partial charge in [-0.25, -0.2) is 0 Å². The van der Waals surface area contributed by atoms with Crippen LogP contribution in [0, 0.1) is 11.3 Å². The fraction of sp³-hybridized carbons (Fsp3) is 0.647. The van der Waals surface area contributed by atoms with E-state index in [0.717, 1.165) is 26.3 Å². The number of ether oxygens (including phenoxy) is 1. The van der Waals surface area contributed by atoms with E-state index in [-0.39, 0.29) is 0 Å². The Morgan fingerprint density at radius 2 is 1.67 bits per heavy atom. The molecule has 0 unspecified atom stereocenters. The van der Waals surface area contributed by atoms with Gasteiger partial charge < -0.3 is 10.1 Å². The van der Waals surface area contributed by atoms with Gasteiger partial charge in [-0.1, -0.05) is 20.8 Å². The second kappa shape index (κ2) is 6.91. The van der Waals surface area contributed by atoms with Crippen molar-refractivity contribution in [3.8, 4) is 5.75 Å². The summed E-state index contributed by atoms with van der Waals surface area (Å²) in [4.78, 5) is 0. The summed E-state index contributed by atoms with van der Waals surface area (Å²) >= 11 is 7.15. The van der Waals surface area contributed by atoms with E-state index < -0.39 is 0 Å². The van der Waals surface area contributed by atoms with Gasteiger partial charge in [-0.05, 0) is 74.9 Å². The zero-order valence-corrected chi connectivity index (χ0v) is 16.5. The van der Waals surface area contributed by atoms with Crippen LogP contribution in [0.15, 0.2) is 21.1 Å². The van der Waals surface area contributed by atoms with Gasteiger partial charge in [0.05, 0.1) is 17.3 Å². The molecule has 1 fully saturated rings. The summed E-state index contributed by atoms with van der Waals surface area (Å²) in [5, 5.41) is 3.68. The smallest absolute Gasteiger partial charge is 0.135 e. The highest BCUT2D eigenvalue weighted by molar-refractivity contribution is 9.11. The quantitative estimate of drug-likeness (QED) is 0.627. The Bertz CT molecular complexity index is 488. The Balaban J connectivity index is 2.01. The summed E-state index contributed by atoms with van der Waals surface area (Å²) in [5.74, 6) is 1.71. The minimum atomic E-state index is 0.437. The van der Waals surface area contributed by atoms with Crippen LogP contribution in [0.5, 0.6) is 5.75 Å². The molecule has 0 saturated heterocycles. The van der Waals surface area contributed by atoms with Crippen LogP contribution >= 0.6 is 31.9 Å². The molecular weight excluding hydrogens is 394 g/mol. The third-order valence-corrected chi connectivity index (χ3v) is 5.83. The molecule has 0 radical (unpaired) electrons. The van der Waals surface area contributed by atoms with Crippen molar-refractivity contribution in [2.75, 3.05) is 12.4 Å². The van der Waals surface area contributed by atoms with Gasteiger partial charge in [-0.2, -0.15) is 0 Å². The van der Waals surface area contributed by atoms with E-state index in [2.05, 4.69) is 64.0 Å². The Morgan fingerprint density at radius 3 is 2.19 bits per heavy atom. The summed E-state index contributed by atoms with van der Waals surface area (Å²) in [6.45, 7) is 7.09. The lowest BCUT2D eigenvalue weighted by atomic mass is 9.71. The van der Waals surface area contributed by atoms with Gasteiger partial charge in [0.2, 0.25) is 0 Å². The van der Waals surface area contributed by atoms with Crippen molar-refractivity contribution >= 4 is 37.5 Å². The molecule has 1 N–H and O–H groups in total. The maximum absolute atomic E-state index is 5.38. The normalized spacial score (nSPS) is 23.0. The van der Waals surface area contributed by atoms with Gasteiger partial charge in [-0.15, -0.1) is 0 Å².